The maximum Gasteiger partial charge on any atom is 0.241 e. The van der Waals surface area contributed by atoms with Gasteiger partial charge in [-0.05, 0) is 72.7 Å². The molecule has 0 saturated heterocycles. The zero-order valence-corrected chi connectivity index (χ0v) is 15.4. The van der Waals surface area contributed by atoms with Crippen molar-refractivity contribution in [3.63, 3.8) is 0 Å². The maximum atomic E-state index is 14.0. The number of benzene rings is 2. The summed E-state index contributed by atoms with van der Waals surface area (Å²) < 4.78 is 42.5. The molecule has 2 aromatic carbocycles. The summed E-state index contributed by atoms with van der Waals surface area (Å²) in [4.78, 5) is 0.872. The van der Waals surface area contributed by atoms with Crippen LogP contribution in [-0.2, 0) is 22.9 Å². The molecule has 0 radical (unpaired) electrons. The molecule has 1 aliphatic heterocycles. The number of thioether (sulfide) groups is 1. The van der Waals surface area contributed by atoms with Crippen LogP contribution < -0.4 is 4.72 Å². The molecule has 0 saturated carbocycles. The number of hydrogen-bond acceptors (Lipinski definition) is 3. The Bertz CT molecular complexity index is 912. The van der Waals surface area contributed by atoms with Gasteiger partial charge in [0, 0.05) is 10.9 Å². The zero-order valence-electron chi connectivity index (χ0n) is 13.8. The van der Waals surface area contributed by atoms with Crippen molar-refractivity contribution in [2.75, 3.05) is 5.75 Å². The molecule has 1 N–H and O–H groups in total. The van der Waals surface area contributed by atoms with E-state index in [1.807, 2.05) is 12.1 Å². The minimum Gasteiger partial charge on any atom is -0.207 e. The fourth-order valence-electron chi connectivity index (χ4n) is 3.64. The minimum absolute atomic E-state index is 0.278. The molecule has 6 heteroatoms. The number of sulfonamides is 1. The molecule has 1 aliphatic carbocycles. The highest BCUT2D eigenvalue weighted by atomic mass is 32.2. The second-order valence-electron chi connectivity index (χ2n) is 6.61. The SMILES string of the molecule is O=S(=O)(N[C@H]1CCSc2c(F)cccc21)c1ccc2c(c1)CCCC2. The van der Waals surface area contributed by atoms with Crippen LogP contribution in [0.5, 0.6) is 0 Å². The topological polar surface area (TPSA) is 46.2 Å². The Morgan fingerprint density at radius 3 is 2.72 bits per heavy atom. The first-order valence-corrected chi connectivity index (χ1v) is 11.1. The Morgan fingerprint density at radius 1 is 1.08 bits per heavy atom. The van der Waals surface area contributed by atoms with Crippen LogP contribution in [0.4, 0.5) is 4.39 Å². The number of nitrogens with one attached hydrogen (secondary N) is 1. The Labute approximate surface area is 152 Å². The predicted molar refractivity (Wildman–Crippen MR) is 97.9 cm³/mol. The van der Waals surface area contributed by atoms with E-state index in [4.69, 9.17) is 0 Å². The Balaban J connectivity index is 1.64. The Morgan fingerprint density at radius 2 is 1.88 bits per heavy atom. The van der Waals surface area contributed by atoms with E-state index >= 15 is 0 Å². The molecule has 0 fully saturated rings. The molecule has 132 valence electrons. The maximum absolute atomic E-state index is 14.0. The second kappa shape index (κ2) is 6.74. The van der Waals surface area contributed by atoms with Crippen molar-refractivity contribution in [3.05, 3.63) is 58.9 Å². The highest BCUT2D eigenvalue weighted by Gasteiger charge is 2.28. The lowest BCUT2D eigenvalue weighted by atomic mass is 9.92. The molecule has 0 spiro atoms. The van der Waals surface area contributed by atoms with Crippen LogP contribution in [0, 0.1) is 5.82 Å². The third kappa shape index (κ3) is 3.35. The summed E-state index contributed by atoms with van der Waals surface area (Å²) in [6.45, 7) is 0. The van der Waals surface area contributed by atoms with Crippen molar-refractivity contribution in [2.45, 2.75) is 47.9 Å². The summed E-state index contributed by atoms with van der Waals surface area (Å²) >= 11 is 1.45. The summed E-state index contributed by atoms with van der Waals surface area (Å²) in [5.74, 6) is 0.422. The molecular weight excluding hydrogens is 357 g/mol. The lowest BCUT2D eigenvalue weighted by molar-refractivity contribution is 0.533. The first-order chi connectivity index (χ1) is 12.0. The molecule has 1 heterocycles. The lowest BCUT2D eigenvalue weighted by Gasteiger charge is -2.26. The number of fused-ring (bicyclic) bond motifs is 2. The molecule has 25 heavy (non-hydrogen) atoms. The van der Waals surface area contributed by atoms with Gasteiger partial charge in [0.15, 0.2) is 0 Å². The lowest BCUT2D eigenvalue weighted by Crippen LogP contribution is -2.31. The van der Waals surface area contributed by atoms with E-state index in [9.17, 15) is 12.8 Å². The van der Waals surface area contributed by atoms with Gasteiger partial charge in [-0.1, -0.05) is 18.2 Å². The highest BCUT2D eigenvalue weighted by Crippen LogP contribution is 2.38. The smallest absolute Gasteiger partial charge is 0.207 e. The van der Waals surface area contributed by atoms with E-state index in [1.165, 1.54) is 29.8 Å². The number of aryl methyl sites for hydroxylation is 2. The molecule has 4 rings (SSSR count). The van der Waals surface area contributed by atoms with Gasteiger partial charge < -0.3 is 0 Å². The van der Waals surface area contributed by atoms with Crippen LogP contribution in [0.1, 0.15) is 42.0 Å². The van der Waals surface area contributed by atoms with Gasteiger partial charge in [0.05, 0.1) is 4.90 Å². The fourth-order valence-corrected chi connectivity index (χ4v) is 6.08. The van der Waals surface area contributed by atoms with Crippen molar-refractivity contribution < 1.29 is 12.8 Å². The van der Waals surface area contributed by atoms with Crippen molar-refractivity contribution in [3.8, 4) is 0 Å². The molecule has 0 amide bonds. The summed E-state index contributed by atoms with van der Waals surface area (Å²) in [6, 6.07) is 9.93. The van der Waals surface area contributed by atoms with Crippen LogP contribution in [-0.4, -0.2) is 14.2 Å². The van der Waals surface area contributed by atoms with E-state index < -0.39 is 10.0 Å². The first-order valence-electron chi connectivity index (χ1n) is 8.60. The molecular formula is C19H20FNO2S2. The number of halogens is 1. The standard InChI is InChI=1S/C19H20FNO2S2/c20-17-7-3-6-16-18(10-11-24-19(16)17)21-25(22,23)15-9-8-13-4-1-2-5-14(13)12-15/h3,6-9,12,18,21H,1-2,4-5,10-11H2/t18-/m0/s1. The summed E-state index contributed by atoms with van der Waals surface area (Å²) in [5.41, 5.74) is 3.13. The first kappa shape index (κ1) is 17.1. The fraction of sp³-hybridized carbons (Fsp3) is 0.368. The third-order valence-electron chi connectivity index (χ3n) is 4.95. The van der Waals surface area contributed by atoms with Crippen LogP contribution in [0.25, 0.3) is 0 Å². The van der Waals surface area contributed by atoms with E-state index in [1.54, 1.807) is 18.2 Å². The van der Waals surface area contributed by atoms with Crippen molar-refractivity contribution in [2.24, 2.45) is 0 Å². The van der Waals surface area contributed by atoms with Crippen molar-refractivity contribution in [1.29, 1.82) is 0 Å². The third-order valence-corrected chi connectivity index (χ3v) is 7.58. The van der Waals surface area contributed by atoms with Gasteiger partial charge in [-0.15, -0.1) is 11.8 Å². The van der Waals surface area contributed by atoms with E-state index in [2.05, 4.69) is 4.72 Å². The number of rotatable bonds is 3. The molecule has 2 aromatic rings. The molecule has 0 unspecified atom stereocenters. The quantitative estimate of drug-likeness (QED) is 0.871. The van der Waals surface area contributed by atoms with Gasteiger partial charge in [-0.25, -0.2) is 17.5 Å². The minimum atomic E-state index is -3.63. The van der Waals surface area contributed by atoms with Gasteiger partial charge in [-0.3, -0.25) is 0 Å². The van der Waals surface area contributed by atoms with Crippen LogP contribution in [0.2, 0.25) is 0 Å². The highest BCUT2D eigenvalue weighted by molar-refractivity contribution is 7.99. The predicted octanol–water partition coefficient (Wildman–Crippen LogP) is 4.22. The molecule has 3 nitrogen and oxygen atoms in total. The Kier molecular flexibility index (Phi) is 4.60. The second-order valence-corrected chi connectivity index (χ2v) is 9.43. The average Bonchev–Trinajstić information content (AvgIpc) is 2.62. The molecule has 1 atom stereocenters. The van der Waals surface area contributed by atoms with Gasteiger partial charge in [-0.2, -0.15) is 0 Å². The molecule has 2 aliphatic rings. The van der Waals surface area contributed by atoms with Gasteiger partial charge in [0.25, 0.3) is 0 Å². The van der Waals surface area contributed by atoms with E-state index in [0.29, 0.717) is 22.0 Å². The Hall–Kier alpha value is -1.37. The number of hydrogen-bond donors (Lipinski definition) is 1. The zero-order chi connectivity index (χ0) is 17.4. The monoisotopic (exact) mass is 377 g/mol. The van der Waals surface area contributed by atoms with Crippen LogP contribution in [0.15, 0.2) is 46.2 Å². The van der Waals surface area contributed by atoms with Crippen LogP contribution in [0.3, 0.4) is 0 Å². The van der Waals surface area contributed by atoms with Gasteiger partial charge in [0.2, 0.25) is 10.0 Å². The van der Waals surface area contributed by atoms with Gasteiger partial charge >= 0.3 is 0 Å². The summed E-state index contributed by atoms with van der Waals surface area (Å²) in [7, 11) is -3.63. The van der Waals surface area contributed by atoms with Gasteiger partial charge in [0.1, 0.15) is 5.82 Å². The van der Waals surface area contributed by atoms with Crippen LogP contribution >= 0.6 is 11.8 Å². The molecule has 0 aromatic heterocycles. The summed E-state index contributed by atoms with van der Waals surface area (Å²) in [5, 5.41) is 0. The summed E-state index contributed by atoms with van der Waals surface area (Å²) in [6.07, 6.45) is 4.89. The normalized spacial score (nSPS) is 20.0. The van der Waals surface area contributed by atoms with E-state index in [0.717, 1.165) is 30.4 Å². The molecule has 0 bridgehead atoms. The van der Waals surface area contributed by atoms with Crippen molar-refractivity contribution >= 4 is 21.8 Å². The largest absolute Gasteiger partial charge is 0.241 e. The average molecular weight is 378 g/mol. The van der Waals surface area contributed by atoms with Crippen molar-refractivity contribution in [1.82, 2.24) is 4.72 Å². The van der Waals surface area contributed by atoms with E-state index in [-0.39, 0.29) is 11.9 Å².